The van der Waals surface area contributed by atoms with Crippen LogP contribution in [0.5, 0.6) is 11.5 Å². The number of hydrogen-bond acceptors (Lipinski definition) is 9. The summed E-state index contributed by atoms with van der Waals surface area (Å²) in [6, 6.07) is 16.3. The number of methoxy groups -OCH3 is 2. The highest BCUT2D eigenvalue weighted by atomic mass is 28.4. The highest BCUT2D eigenvalue weighted by molar-refractivity contribution is 6.60. The molecule has 0 amide bonds. The van der Waals surface area contributed by atoms with Crippen molar-refractivity contribution in [1.82, 2.24) is 0 Å². The lowest BCUT2D eigenvalue weighted by Crippen LogP contribution is -2.42. The molecule has 1 aliphatic rings. The summed E-state index contributed by atoms with van der Waals surface area (Å²) in [5, 5.41) is 0. The van der Waals surface area contributed by atoms with E-state index >= 15 is 0 Å². The molecule has 2 aromatic carbocycles. The van der Waals surface area contributed by atoms with E-state index in [1.54, 1.807) is 35.5 Å². The molecule has 10 heteroatoms. The van der Waals surface area contributed by atoms with Gasteiger partial charge in [0.15, 0.2) is 0 Å². The number of Topliss-reactive ketones (excluding diaryl/α,β-unsaturated/α-hetero) is 1. The molecule has 44 heavy (non-hydrogen) atoms. The lowest BCUT2D eigenvalue weighted by atomic mass is 9.76. The second-order valence-electron chi connectivity index (χ2n) is 10.4. The van der Waals surface area contributed by atoms with Gasteiger partial charge in [0.2, 0.25) is 0 Å². The summed E-state index contributed by atoms with van der Waals surface area (Å²) in [6.45, 7) is 0.213. The lowest BCUT2D eigenvalue weighted by molar-refractivity contribution is -0.147. The van der Waals surface area contributed by atoms with Crippen LogP contribution < -0.4 is 9.47 Å². The minimum Gasteiger partial charge on any atom is -0.497 e. The fraction of sp³-hybridized carbons (Fsp3) is 0.471. The monoisotopic (exact) mass is 626 g/mol. The molecule has 0 fully saturated rings. The van der Waals surface area contributed by atoms with Gasteiger partial charge in [0.25, 0.3) is 0 Å². The molecule has 0 aromatic heterocycles. The summed E-state index contributed by atoms with van der Waals surface area (Å²) in [5.74, 6) is 1.08. The first-order chi connectivity index (χ1) is 21.4. The van der Waals surface area contributed by atoms with Crippen molar-refractivity contribution < 1.29 is 41.8 Å². The van der Waals surface area contributed by atoms with Crippen molar-refractivity contribution in [2.45, 2.75) is 56.6 Å². The summed E-state index contributed by atoms with van der Waals surface area (Å²) in [6.07, 6.45) is 9.95. The predicted molar refractivity (Wildman–Crippen MR) is 170 cm³/mol. The van der Waals surface area contributed by atoms with Gasteiger partial charge in [-0.1, -0.05) is 42.5 Å². The smallest absolute Gasteiger partial charge is 0.497 e. The van der Waals surface area contributed by atoms with E-state index in [4.69, 9.17) is 32.2 Å². The van der Waals surface area contributed by atoms with E-state index < -0.39 is 20.4 Å². The number of ketones is 1. The number of ether oxygens (including phenoxy) is 4. The second-order valence-corrected chi connectivity index (χ2v) is 13.5. The summed E-state index contributed by atoms with van der Waals surface area (Å²) in [7, 11) is 5.35. The van der Waals surface area contributed by atoms with Crippen molar-refractivity contribution in [3.05, 3.63) is 83.5 Å². The highest BCUT2D eigenvalue weighted by Crippen LogP contribution is 2.44. The topological polar surface area (TPSA) is 98.8 Å². The second kappa shape index (κ2) is 17.9. The Hall–Kier alpha value is -3.28. The normalized spacial score (nSPS) is 13.3. The van der Waals surface area contributed by atoms with Gasteiger partial charge in [0, 0.05) is 40.2 Å². The first kappa shape index (κ1) is 35.2. The molecule has 0 heterocycles. The standard InChI is InChI=1S/C34H46O9Si/c1-37-31-19-14-28(15-20-31)34(27-11-7-6-8-12-27,29-16-21-32(38-2)22-17-29)43-25-24-42-33(36)23-18-30(35)13-9-10-26-44(39-3,40-4)41-5/h6-7,11,14-17,19-22H,8-10,12-13,18,23-26H2,1-5H3. The van der Waals surface area contributed by atoms with E-state index in [0.717, 1.165) is 47.5 Å². The van der Waals surface area contributed by atoms with Gasteiger partial charge in [-0.05, 0) is 66.6 Å². The third kappa shape index (κ3) is 9.36. The maximum Gasteiger partial charge on any atom is 0.500 e. The molecule has 0 saturated carbocycles. The van der Waals surface area contributed by atoms with Gasteiger partial charge in [-0.3, -0.25) is 9.59 Å². The predicted octanol–water partition coefficient (Wildman–Crippen LogP) is 6.18. The van der Waals surface area contributed by atoms with Crippen LogP contribution in [0.15, 0.2) is 72.3 Å². The minimum absolute atomic E-state index is 0.0213. The summed E-state index contributed by atoms with van der Waals surface area (Å²) in [4.78, 5) is 24.9. The number of unbranched alkanes of at least 4 members (excludes halogenated alkanes) is 1. The van der Waals surface area contributed by atoms with Gasteiger partial charge in [-0.15, -0.1) is 0 Å². The van der Waals surface area contributed by atoms with Crippen LogP contribution in [0.3, 0.4) is 0 Å². The zero-order valence-electron chi connectivity index (χ0n) is 26.6. The Morgan fingerprint density at radius 3 is 1.84 bits per heavy atom. The van der Waals surface area contributed by atoms with Gasteiger partial charge in [-0.25, -0.2) is 0 Å². The molecule has 0 unspecified atom stereocenters. The van der Waals surface area contributed by atoms with Crippen LogP contribution in [-0.2, 0) is 37.9 Å². The van der Waals surface area contributed by atoms with Gasteiger partial charge in [0.05, 0.1) is 27.2 Å². The van der Waals surface area contributed by atoms with Crippen LogP contribution in [0.4, 0.5) is 0 Å². The molecule has 2 aromatic rings. The number of hydrogen-bond donors (Lipinski definition) is 0. The number of benzene rings is 2. The van der Waals surface area contributed by atoms with E-state index in [9.17, 15) is 9.59 Å². The van der Waals surface area contributed by atoms with E-state index in [-0.39, 0.29) is 31.8 Å². The molecule has 0 bridgehead atoms. The Bertz CT molecular complexity index is 1180. The minimum atomic E-state index is -2.64. The third-order valence-corrected chi connectivity index (χ3v) is 10.7. The van der Waals surface area contributed by atoms with Gasteiger partial charge in [-0.2, -0.15) is 0 Å². The van der Waals surface area contributed by atoms with Crippen molar-refractivity contribution in [2.75, 3.05) is 48.8 Å². The molecular formula is C34H46O9Si. The Morgan fingerprint density at radius 2 is 1.34 bits per heavy atom. The molecule has 0 atom stereocenters. The lowest BCUT2D eigenvalue weighted by Gasteiger charge is -2.38. The van der Waals surface area contributed by atoms with Crippen LogP contribution in [0.25, 0.3) is 0 Å². The largest absolute Gasteiger partial charge is 0.500 e. The van der Waals surface area contributed by atoms with Crippen molar-refractivity contribution in [1.29, 1.82) is 0 Å². The maximum atomic E-state index is 12.5. The number of allylic oxidation sites excluding steroid dienone is 3. The van der Waals surface area contributed by atoms with E-state index in [1.807, 2.05) is 54.6 Å². The van der Waals surface area contributed by atoms with Crippen molar-refractivity contribution in [3.8, 4) is 11.5 Å². The number of esters is 1. The fourth-order valence-corrected chi connectivity index (χ4v) is 7.15. The van der Waals surface area contributed by atoms with Crippen molar-refractivity contribution >= 4 is 20.6 Å². The van der Waals surface area contributed by atoms with Crippen molar-refractivity contribution in [3.63, 3.8) is 0 Å². The molecule has 0 N–H and O–H groups in total. The zero-order valence-corrected chi connectivity index (χ0v) is 27.6. The Morgan fingerprint density at radius 1 is 0.750 bits per heavy atom. The van der Waals surface area contributed by atoms with Crippen LogP contribution in [0.1, 0.15) is 56.1 Å². The molecule has 0 aliphatic heterocycles. The third-order valence-electron chi connectivity index (χ3n) is 7.85. The fourth-order valence-electron chi connectivity index (χ4n) is 5.35. The summed E-state index contributed by atoms with van der Waals surface area (Å²) in [5.41, 5.74) is 2.04. The molecule has 240 valence electrons. The summed E-state index contributed by atoms with van der Waals surface area (Å²) >= 11 is 0. The van der Waals surface area contributed by atoms with Crippen LogP contribution in [-0.4, -0.2) is 69.3 Å². The van der Waals surface area contributed by atoms with E-state index in [0.29, 0.717) is 18.9 Å². The van der Waals surface area contributed by atoms with Crippen LogP contribution in [0, 0.1) is 0 Å². The maximum absolute atomic E-state index is 12.5. The Labute approximate surface area is 262 Å². The molecular weight excluding hydrogens is 580 g/mol. The number of rotatable bonds is 20. The zero-order chi connectivity index (χ0) is 31.8. The molecule has 0 radical (unpaired) electrons. The Kier molecular flexibility index (Phi) is 14.3. The van der Waals surface area contributed by atoms with Crippen LogP contribution >= 0.6 is 0 Å². The number of carbonyl (C=O) groups excluding carboxylic acids is 2. The Balaban J connectivity index is 1.62. The summed E-state index contributed by atoms with van der Waals surface area (Å²) < 4.78 is 39.3. The molecule has 0 saturated heterocycles. The number of carbonyl (C=O) groups is 2. The van der Waals surface area contributed by atoms with Gasteiger partial charge in [0.1, 0.15) is 29.5 Å². The molecule has 9 nitrogen and oxygen atoms in total. The SMILES string of the molecule is COc1ccc(C(OCCOC(=O)CCC(=O)CCCC[Si](OC)(OC)OC)(C2=CC=CCC2)c2ccc(OC)cc2)cc1. The highest BCUT2D eigenvalue weighted by Gasteiger charge is 2.40. The molecule has 1 aliphatic carbocycles. The molecule has 0 spiro atoms. The molecule has 3 rings (SSSR count). The van der Waals surface area contributed by atoms with E-state index in [2.05, 4.69) is 12.2 Å². The van der Waals surface area contributed by atoms with Gasteiger partial charge < -0.3 is 32.2 Å². The van der Waals surface area contributed by atoms with Crippen molar-refractivity contribution in [2.24, 2.45) is 0 Å². The first-order valence-corrected chi connectivity index (χ1v) is 16.9. The quantitative estimate of drug-likeness (QED) is 0.0969. The average molecular weight is 627 g/mol. The van der Waals surface area contributed by atoms with Crippen LogP contribution in [0.2, 0.25) is 6.04 Å². The average Bonchev–Trinajstić information content (AvgIpc) is 3.08. The van der Waals surface area contributed by atoms with Gasteiger partial charge >= 0.3 is 14.8 Å². The first-order valence-electron chi connectivity index (χ1n) is 15.0. The van der Waals surface area contributed by atoms with E-state index in [1.165, 1.54) is 0 Å².